The molecule has 4 heteroatoms. The van der Waals surface area contributed by atoms with Gasteiger partial charge in [0.25, 0.3) is 0 Å². The highest BCUT2D eigenvalue weighted by atomic mass is 32.1. The summed E-state index contributed by atoms with van der Waals surface area (Å²) < 4.78 is 0. The summed E-state index contributed by atoms with van der Waals surface area (Å²) in [7, 11) is 2.17. The Morgan fingerprint density at radius 3 is 2.61 bits per heavy atom. The molecule has 2 rings (SSSR count). The minimum absolute atomic E-state index is 0.512. The number of rotatable bonds is 6. The Morgan fingerprint density at radius 2 is 2.11 bits per heavy atom. The van der Waals surface area contributed by atoms with E-state index in [2.05, 4.69) is 32.7 Å². The van der Waals surface area contributed by atoms with Crippen molar-refractivity contribution in [3.05, 3.63) is 10.6 Å². The third-order valence-corrected chi connectivity index (χ3v) is 5.38. The van der Waals surface area contributed by atoms with Crippen molar-refractivity contribution in [2.75, 3.05) is 11.9 Å². The van der Waals surface area contributed by atoms with Crippen LogP contribution in [0.2, 0.25) is 0 Å². The predicted octanol–water partition coefficient (Wildman–Crippen LogP) is 3.35. The number of hydrogen-bond donors (Lipinski definition) is 1. The van der Waals surface area contributed by atoms with Gasteiger partial charge in [-0.1, -0.05) is 13.8 Å². The zero-order chi connectivity index (χ0) is 13.3. The third-order valence-electron chi connectivity index (χ3n) is 4.20. The van der Waals surface area contributed by atoms with Gasteiger partial charge in [0.15, 0.2) is 5.13 Å². The second-order valence-electron chi connectivity index (χ2n) is 5.51. The molecule has 2 atom stereocenters. The first kappa shape index (κ1) is 13.8. The molecule has 2 N–H and O–H groups in total. The van der Waals surface area contributed by atoms with E-state index in [1.54, 1.807) is 11.3 Å². The molecule has 1 aliphatic rings. The number of aromatic nitrogens is 1. The average molecular weight is 267 g/mol. The van der Waals surface area contributed by atoms with E-state index in [0.29, 0.717) is 18.5 Å². The lowest BCUT2D eigenvalue weighted by atomic mass is 10.0. The summed E-state index contributed by atoms with van der Waals surface area (Å²) in [6.07, 6.45) is 3.87. The van der Waals surface area contributed by atoms with Crippen LogP contribution in [0.25, 0.3) is 0 Å². The fourth-order valence-corrected chi connectivity index (χ4v) is 3.40. The second kappa shape index (κ2) is 5.57. The van der Waals surface area contributed by atoms with Crippen LogP contribution in [0.1, 0.15) is 56.5 Å². The molecule has 0 saturated heterocycles. The molecule has 0 radical (unpaired) electrons. The Kier molecular flexibility index (Phi) is 4.28. The Morgan fingerprint density at radius 1 is 1.44 bits per heavy atom. The standard InChI is InChI=1S/C14H25N3S/c1-5-9(2)13-12(8-15)18-14(16-13)17(4)10(3)11-6-7-11/h9-11H,5-8,15H2,1-4H3. The van der Waals surface area contributed by atoms with Crippen LogP contribution in [-0.4, -0.2) is 18.1 Å². The Balaban J connectivity index is 2.19. The first-order valence-electron chi connectivity index (χ1n) is 7.00. The van der Waals surface area contributed by atoms with E-state index in [-0.39, 0.29) is 0 Å². The normalized spacial score (nSPS) is 18.7. The zero-order valence-electron chi connectivity index (χ0n) is 11.9. The quantitative estimate of drug-likeness (QED) is 0.859. The molecule has 1 saturated carbocycles. The highest BCUT2D eigenvalue weighted by molar-refractivity contribution is 7.15. The molecular weight excluding hydrogens is 242 g/mol. The van der Waals surface area contributed by atoms with E-state index in [4.69, 9.17) is 10.7 Å². The minimum atomic E-state index is 0.512. The number of nitrogens with two attached hydrogens (primary N) is 1. The zero-order valence-corrected chi connectivity index (χ0v) is 12.8. The molecule has 1 aromatic heterocycles. The average Bonchev–Trinajstić information content (AvgIpc) is 3.15. The van der Waals surface area contributed by atoms with Gasteiger partial charge in [-0.05, 0) is 38.0 Å². The molecule has 102 valence electrons. The van der Waals surface area contributed by atoms with Crippen LogP contribution in [-0.2, 0) is 6.54 Å². The summed E-state index contributed by atoms with van der Waals surface area (Å²) in [6, 6.07) is 0.603. The topological polar surface area (TPSA) is 42.2 Å². The monoisotopic (exact) mass is 267 g/mol. The van der Waals surface area contributed by atoms with Crippen LogP contribution in [0.4, 0.5) is 5.13 Å². The maximum absolute atomic E-state index is 5.86. The lowest BCUT2D eigenvalue weighted by molar-refractivity contribution is 0.605. The molecule has 18 heavy (non-hydrogen) atoms. The van der Waals surface area contributed by atoms with Crippen LogP contribution in [0.15, 0.2) is 0 Å². The molecular formula is C14H25N3S. The number of nitrogens with zero attached hydrogens (tertiary/aromatic N) is 2. The van der Waals surface area contributed by atoms with E-state index in [1.165, 1.54) is 23.4 Å². The highest BCUT2D eigenvalue weighted by Crippen LogP contribution is 2.38. The summed E-state index contributed by atoms with van der Waals surface area (Å²) in [4.78, 5) is 8.45. The summed E-state index contributed by atoms with van der Waals surface area (Å²) in [5.41, 5.74) is 7.07. The molecule has 3 nitrogen and oxygen atoms in total. The fraction of sp³-hybridized carbons (Fsp3) is 0.786. The summed E-state index contributed by atoms with van der Waals surface area (Å²) in [5, 5.41) is 1.14. The third kappa shape index (κ3) is 2.69. The van der Waals surface area contributed by atoms with Crippen LogP contribution in [0.5, 0.6) is 0 Å². The van der Waals surface area contributed by atoms with Crippen molar-refractivity contribution in [1.82, 2.24) is 4.98 Å². The summed E-state index contributed by atoms with van der Waals surface area (Å²) in [5.74, 6) is 1.38. The SMILES string of the molecule is CCC(C)c1nc(N(C)C(C)C2CC2)sc1CN. The molecule has 0 aromatic carbocycles. The van der Waals surface area contributed by atoms with Gasteiger partial charge in [0.1, 0.15) is 0 Å². The fourth-order valence-electron chi connectivity index (χ4n) is 2.30. The largest absolute Gasteiger partial charge is 0.348 e. The maximum Gasteiger partial charge on any atom is 0.185 e. The van der Waals surface area contributed by atoms with Crippen LogP contribution < -0.4 is 10.6 Å². The molecule has 1 aromatic rings. The van der Waals surface area contributed by atoms with Gasteiger partial charge in [-0.2, -0.15) is 0 Å². The Bertz CT molecular complexity index is 398. The van der Waals surface area contributed by atoms with Crippen molar-refractivity contribution in [2.45, 2.75) is 58.5 Å². The number of anilines is 1. The van der Waals surface area contributed by atoms with Crippen LogP contribution in [0.3, 0.4) is 0 Å². The molecule has 2 unspecified atom stereocenters. The minimum Gasteiger partial charge on any atom is -0.348 e. The summed E-state index contributed by atoms with van der Waals surface area (Å²) in [6.45, 7) is 7.37. The maximum atomic E-state index is 5.86. The second-order valence-corrected chi connectivity index (χ2v) is 6.57. The molecule has 0 aliphatic heterocycles. The van der Waals surface area contributed by atoms with Crippen molar-refractivity contribution in [3.8, 4) is 0 Å². The van der Waals surface area contributed by atoms with Crippen molar-refractivity contribution < 1.29 is 0 Å². The van der Waals surface area contributed by atoms with Crippen molar-refractivity contribution in [3.63, 3.8) is 0 Å². The first-order chi connectivity index (χ1) is 8.58. The van der Waals surface area contributed by atoms with Gasteiger partial charge in [-0.15, -0.1) is 11.3 Å². The number of hydrogen-bond acceptors (Lipinski definition) is 4. The lowest BCUT2D eigenvalue weighted by Gasteiger charge is -2.24. The van der Waals surface area contributed by atoms with Crippen molar-refractivity contribution >= 4 is 16.5 Å². The van der Waals surface area contributed by atoms with E-state index >= 15 is 0 Å². The smallest absolute Gasteiger partial charge is 0.185 e. The molecule has 0 spiro atoms. The lowest BCUT2D eigenvalue weighted by Crippen LogP contribution is -2.30. The van der Waals surface area contributed by atoms with Crippen LogP contribution in [0, 0.1) is 5.92 Å². The molecule has 1 fully saturated rings. The van der Waals surface area contributed by atoms with E-state index in [0.717, 1.165) is 17.5 Å². The molecule has 0 amide bonds. The molecule has 1 heterocycles. The highest BCUT2D eigenvalue weighted by Gasteiger charge is 2.32. The van der Waals surface area contributed by atoms with Gasteiger partial charge < -0.3 is 10.6 Å². The predicted molar refractivity (Wildman–Crippen MR) is 79.3 cm³/mol. The molecule has 0 bridgehead atoms. The van der Waals surface area contributed by atoms with E-state index in [1.807, 2.05) is 0 Å². The van der Waals surface area contributed by atoms with Gasteiger partial charge in [-0.3, -0.25) is 0 Å². The summed E-state index contributed by atoms with van der Waals surface area (Å²) >= 11 is 1.77. The Hall–Kier alpha value is -0.610. The van der Waals surface area contributed by atoms with Crippen LogP contribution >= 0.6 is 11.3 Å². The molecule has 1 aliphatic carbocycles. The van der Waals surface area contributed by atoms with E-state index < -0.39 is 0 Å². The van der Waals surface area contributed by atoms with Gasteiger partial charge in [0, 0.05) is 24.5 Å². The van der Waals surface area contributed by atoms with E-state index in [9.17, 15) is 0 Å². The number of thiazole rings is 1. The van der Waals surface area contributed by atoms with Gasteiger partial charge >= 0.3 is 0 Å². The van der Waals surface area contributed by atoms with Gasteiger partial charge in [-0.25, -0.2) is 4.98 Å². The van der Waals surface area contributed by atoms with Gasteiger partial charge in [0.05, 0.1) is 5.69 Å². The first-order valence-corrected chi connectivity index (χ1v) is 7.82. The van der Waals surface area contributed by atoms with Crippen molar-refractivity contribution in [2.24, 2.45) is 11.7 Å². The Labute approximate surface area is 114 Å². The van der Waals surface area contributed by atoms with Crippen molar-refractivity contribution in [1.29, 1.82) is 0 Å². The van der Waals surface area contributed by atoms with Gasteiger partial charge in [0.2, 0.25) is 0 Å².